The summed E-state index contributed by atoms with van der Waals surface area (Å²) >= 11 is 0. The number of piperidine rings is 1. The maximum atomic E-state index is 9.10. The first-order valence-electron chi connectivity index (χ1n) is 6.16. The number of aliphatic carboxylic acids is 2. The maximum Gasteiger partial charge on any atom is 0.414 e. The van der Waals surface area contributed by atoms with E-state index in [2.05, 4.69) is 23.2 Å². The van der Waals surface area contributed by atoms with E-state index in [0.29, 0.717) is 0 Å². The number of aromatic nitrogens is 1. The fourth-order valence-corrected chi connectivity index (χ4v) is 1.70. The standard InChI is InChI=1S/C11H16N2O.C2H2O4/c1-9-7-11(14-12-9)8-10-3-5-13(2)6-4-10;3-1(4)2(5)6/h7-8H,3-6H2,1-2H3;(H,3,4)(H,5,6). The highest BCUT2D eigenvalue weighted by atomic mass is 16.5. The Morgan fingerprint density at radius 1 is 1.30 bits per heavy atom. The Bertz CT molecular complexity index is 485. The molecule has 110 valence electrons. The average Bonchev–Trinajstić information content (AvgIpc) is 2.78. The number of carbonyl (C=O) groups is 2. The Balaban J connectivity index is 0.000000286. The van der Waals surface area contributed by atoms with Gasteiger partial charge in [-0.2, -0.15) is 0 Å². The molecule has 0 saturated carbocycles. The van der Waals surface area contributed by atoms with Crippen LogP contribution in [0.25, 0.3) is 6.08 Å². The van der Waals surface area contributed by atoms with Crippen molar-refractivity contribution in [2.45, 2.75) is 19.8 Å². The first-order chi connectivity index (χ1) is 9.38. The molecule has 0 bridgehead atoms. The van der Waals surface area contributed by atoms with Gasteiger partial charge in [0.25, 0.3) is 0 Å². The predicted octanol–water partition coefficient (Wildman–Crippen LogP) is 1.25. The first kappa shape index (κ1) is 15.9. The molecule has 2 heterocycles. The third kappa shape index (κ3) is 5.66. The van der Waals surface area contributed by atoms with Gasteiger partial charge < -0.3 is 19.6 Å². The Morgan fingerprint density at radius 2 is 1.85 bits per heavy atom. The van der Waals surface area contributed by atoms with Crippen LogP contribution in [-0.4, -0.2) is 52.3 Å². The van der Waals surface area contributed by atoms with Crippen LogP contribution in [0.2, 0.25) is 0 Å². The minimum absolute atomic E-state index is 0.891. The van der Waals surface area contributed by atoms with Crippen molar-refractivity contribution < 1.29 is 24.3 Å². The van der Waals surface area contributed by atoms with E-state index in [0.717, 1.165) is 37.4 Å². The molecular weight excluding hydrogens is 264 g/mol. The van der Waals surface area contributed by atoms with Crippen LogP contribution < -0.4 is 0 Å². The highest BCUT2D eigenvalue weighted by molar-refractivity contribution is 6.27. The summed E-state index contributed by atoms with van der Waals surface area (Å²) in [6.45, 7) is 4.25. The number of carboxylic acids is 2. The van der Waals surface area contributed by atoms with Crippen LogP contribution in [0.3, 0.4) is 0 Å². The topological polar surface area (TPSA) is 104 Å². The second-order valence-electron chi connectivity index (χ2n) is 4.59. The van der Waals surface area contributed by atoms with Crippen molar-refractivity contribution in [3.8, 4) is 0 Å². The monoisotopic (exact) mass is 282 g/mol. The molecule has 7 nitrogen and oxygen atoms in total. The van der Waals surface area contributed by atoms with Gasteiger partial charge in [0, 0.05) is 19.2 Å². The minimum atomic E-state index is -1.82. The number of likely N-dealkylation sites (tertiary alicyclic amines) is 1. The summed E-state index contributed by atoms with van der Waals surface area (Å²) in [5, 5.41) is 18.6. The SMILES string of the molecule is Cc1cc(C=C2CCN(C)CC2)on1.O=C(O)C(=O)O. The minimum Gasteiger partial charge on any atom is -0.473 e. The van der Waals surface area contributed by atoms with Crippen molar-refractivity contribution in [3.63, 3.8) is 0 Å². The summed E-state index contributed by atoms with van der Waals surface area (Å²) in [6, 6.07) is 1.98. The van der Waals surface area contributed by atoms with Crippen LogP contribution in [0, 0.1) is 6.92 Å². The number of rotatable bonds is 1. The van der Waals surface area contributed by atoms with E-state index in [-0.39, 0.29) is 0 Å². The quantitative estimate of drug-likeness (QED) is 0.747. The summed E-state index contributed by atoms with van der Waals surface area (Å²) in [5.74, 6) is -2.76. The van der Waals surface area contributed by atoms with Crippen LogP contribution in [0.5, 0.6) is 0 Å². The molecule has 0 unspecified atom stereocenters. The predicted molar refractivity (Wildman–Crippen MR) is 71.2 cm³/mol. The van der Waals surface area contributed by atoms with Gasteiger partial charge in [-0.3, -0.25) is 0 Å². The molecule has 1 aliphatic heterocycles. The molecule has 0 amide bonds. The van der Waals surface area contributed by atoms with E-state index in [1.54, 1.807) is 0 Å². The van der Waals surface area contributed by atoms with Crippen LogP contribution >= 0.6 is 0 Å². The first-order valence-corrected chi connectivity index (χ1v) is 6.16. The number of aryl methyl sites for hydroxylation is 1. The molecule has 0 radical (unpaired) electrons. The van der Waals surface area contributed by atoms with Gasteiger partial charge in [0.1, 0.15) is 0 Å². The summed E-state index contributed by atoms with van der Waals surface area (Å²) < 4.78 is 5.15. The Hall–Kier alpha value is -2.15. The van der Waals surface area contributed by atoms with Crippen molar-refractivity contribution in [1.29, 1.82) is 0 Å². The van der Waals surface area contributed by atoms with Crippen molar-refractivity contribution >= 4 is 18.0 Å². The molecule has 1 aliphatic rings. The molecular formula is C13H18N2O5. The van der Waals surface area contributed by atoms with Crippen molar-refractivity contribution in [2.75, 3.05) is 20.1 Å². The van der Waals surface area contributed by atoms with Crippen LogP contribution in [0.1, 0.15) is 24.3 Å². The normalized spacial score (nSPS) is 15.2. The van der Waals surface area contributed by atoms with E-state index in [1.807, 2.05) is 13.0 Å². The molecule has 2 rings (SSSR count). The van der Waals surface area contributed by atoms with Gasteiger partial charge in [0.05, 0.1) is 5.69 Å². The van der Waals surface area contributed by atoms with Crippen LogP contribution in [-0.2, 0) is 9.59 Å². The summed E-state index contributed by atoms with van der Waals surface area (Å²) in [6.07, 6.45) is 4.43. The molecule has 1 fully saturated rings. The van der Waals surface area contributed by atoms with Gasteiger partial charge in [-0.25, -0.2) is 9.59 Å². The smallest absolute Gasteiger partial charge is 0.414 e. The zero-order valence-electron chi connectivity index (χ0n) is 11.5. The number of nitrogens with zero attached hydrogens (tertiary/aromatic N) is 2. The molecule has 0 spiro atoms. The molecule has 0 atom stereocenters. The highest BCUT2D eigenvalue weighted by Gasteiger charge is 2.10. The highest BCUT2D eigenvalue weighted by Crippen LogP contribution is 2.18. The van der Waals surface area contributed by atoms with E-state index in [9.17, 15) is 0 Å². The lowest BCUT2D eigenvalue weighted by Crippen LogP contribution is -2.26. The van der Waals surface area contributed by atoms with Crippen molar-refractivity contribution in [3.05, 3.63) is 23.1 Å². The lowest BCUT2D eigenvalue weighted by atomic mass is 10.0. The third-order valence-electron chi connectivity index (χ3n) is 2.80. The van der Waals surface area contributed by atoms with E-state index >= 15 is 0 Å². The van der Waals surface area contributed by atoms with Crippen LogP contribution in [0.4, 0.5) is 0 Å². The average molecular weight is 282 g/mol. The summed E-state index contributed by atoms with van der Waals surface area (Å²) in [5.41, 5.74) is 2.42. The molecule has 1 aromatic heterocycles. The van der Waals surface area contributed by atoms with E-state index in [1.165, 1.54) is 5.57 Å². The molecule has 0 aromatic carbocycles. The van der Waals surface area contributed by atoms with E-state index in [4.69, 9.17) is 24.3 Å². The number of hydrogen-bond donors (Lipinski definition) is 2. The molecule has 20 heavy (non-hydrogen) atoms. The van der Waals surface area contributed by atoms with Gasteiger partial charge in [-0.1, -0.05) is 10.7 Å². The zero-order valence-corrected chi connectivity index (χ0v) is 11.5. The zero-order chi connectivity index (χ0) is 15.1. The van der Waals surface area contributed by atoms with Gasteiger partial charge in [0.2, 0.25) is 0 Å². The lowest BCUT2D eigenvalue weighted by molar-refractivity contribution is -0.159. The van der Waals surface area contributed by atoms with Gasteiger partial charge in [0.15, 0.2) is 5.76 Å². The molecule has 1 aromatic rings. The molecule has 1 saturated heterocycles. The molecule has 0 aliphatic carbocycles. The summed E-state index contributed by atoms with van der Waals surface area (Å²) in [7, 11) is 2.16. The van der Waals surface area contributed by atoms with Crippen molar-refractivity contribution in [2.24, 2.45) is 0 Å². The summed E-state index contributed by atoms with van der Waals surface area (Å²) in [4.78, 5) is 20.5. The largest absolute Gasteiger partial charge is 0.473 e. The fourth-order valence-electron chi connectivity index (χ4n) is 1.70. The number of carboxylic acid groups (broad SMARTS) is 2. The lowest BCUT2D eigenvalue weighted by Gasteiger charge is -2.23. The second kappa shape index (κ2) is 7.44. The molecule has 2 N–H and O–H groups in total. The second-order valence-corrected chi connectivity index (χ2v) is 4.59. The van der Waals surface area contributed by atoms with E-state index < -0.39 is 11.9 Å². The molecule has 7 heteroatoms. The third-order valence-corrected chi connectivity index (χ3v) is 2.80. The Labute approximate surface area is 116 Å². The van der Waals surface area contributed by atoms with Crippen molar-refractivity contribution in [1.82, 2.24) is 10.1 Å². The maximum absolute atomic E-state index is 9.10. The van der Waals surface area contributed by atoms with Gasteiger partial charge in [-0.05, 0) is 32.9 Å². The fraction of sp³-hybridized carbons (Fsp3) is 0.462. The Kier molecular flexibility index (Phi) is 5.92. The van der Waals surface area contributed by atoms with Crippen LogP contribution in [0.15, 0.2) is 16.2 Å². The van der Waals surface area contributed by atoms with Gasteiger partial charge >= 0.3 is 11.9 Å². The Morgan fingerprint density at radius 3 is 2.25 bits per heavy atom. The number of hydrogen-bond acceptors (Lipinski definition) is 5. The van der Waals surface area contributed by atoms with Gasteiger partial charge in [-0.15, -0.1) is 0 Å².